The monoisotopic (exact) mass is 284 g/mol. The summed E-state index contributed by atoms with van der Waals surface area (Å²) in [6, 6.07) is 4.89. The number of anilines is 1. The third kappa shape index (κ3) is 3.61. The molecule has 0 bridgehead atoms. The van der Waals surface area contributed by atoms with Gasteiger partial charge in [-0.05, 0) is 37.5 Å². The minimum Gasteiger partial charge on any atom is -0.506 e. The molecule has 1 aliphatic heterocycles. The smallest absolute Gasteiger partial charge is 0.301 e. The van der Waals surface area contributed by atoms with Gasteiger partial charge < -0.3 is 5.11 Å². The van der Waals surface area contributed by atoms with Crippen LogP contribution in [-0.2, 0) is 10.2 Å². The minimum absolute atomic E-state index is 0.0432. The molecule has 1 heterocycles. The van der Waals surface area contributed by atoms with Crippen LogP contribution in [0.25, 0.3) is 0 Å². The Hall–Kier alpha value is -1.27. The van der Waals surface area contributed by atoms with Gasteiger partial charge in [-0.15, -0.1) is 0 Å². The maximum atomic E-state index is 12.2. The summed E-state index contributed by atoms with van der Waals surface area (Å²) in [4.78, 5) is 0. The quantitative estimate of drug-likeness (QED) is 0.836. The average molecular weight is 284 g/mol. The molecule has 0 radical (unpaired) electrons. The summed E-state index contributed by atoms with van der Waals surface area (Å²) in [5, 5.41) is 9.76. The number of nitrogens with one attached hydrogen (secondary N) is 1. The number of rotatable bonds is 3. The molecular formula is C13H20N2O3S. The van der Waals surface area contributed by atoms with E-state index in [4.69, 9.17) is 0 Å². The summed E-state index contributed by atoms with van der Waals surface area (Å²) >= 11 is 0. The van der Waals surface area contributed by atoms with Gasteiger partial charge in [0.25, 0.3) is 0 Å². The molecule has 1 fully saturated rings. The number of phenolic OH excluding ortho intramolecular Hbond substituents is 1. The third-order valence-corrected chi connectivity index (χ3v) is 4.82. The largest absolute Gasteiger partial charge is 0.506 e. The van der Waals surface area contributed by atoms with Crippen molar-refractivity contribution in [3.63, 3.8) is 0 Å². The molecule has 0 atom stereocenters. The molecule has 2 N–H and O–H groups in total. The fourth-order valence-corrected chi connectivity index (χ4v) is 3.53. The van der Waals surface area contributed by atoms with Crippen molar-refractivity contribution in [2.75, 3.05) is 17.8 Å². The van der Waals surface area contributed by atoms with Gasteiger partial charge in [-0.25, -0.2) is 0 Å². The molecule has 1 aromatic carbocycles. The Morgan fingerprint density at radius 2 is 1.79 bits per heavy atom. The highest BCUT2D eigenvalue weighted by molar-refractivity contribution is 7.90. The number of nitrogens with zero attached hydrogens (tertiary/aromatic N) is 1. The molecule has 0 saturated carbocycles. The van der Waals surface area contributed by atoms with Crippen LogP contribution in [0.15, 0.2) is 18.2 Å². The maximum absolute atomic E-state index is 12.2. The van der Waals surface area contributed by atoms with Crippen molar-refractivity contribution in [1.29, 1.82) is 0 Å². The summed E-state index contributed by atoms with van der Waals surface area (Å²) < 4.78 is 28.4. The molecular weight excluding hydrogens is 264 g/mol. The van der Waals surface area contributed by atoms with E-state index in [2.05, 4.69) is 4.72 Å². The molecule has 106 valence electrons. The second-order valence-electron chi connectivity index (χ2n) is 4.94. The van der Waals surface area contributed by atoms with E-state index in [0.29, 0.717) is 13.1 Å². The van der Waals surface area contributed by atoms with E-state index in [1.807, 2.05) is 6.92 Å². The lowest BCUT2D eigenvalue weighted by Crippen LogP contribution is -2.36. The van der Waals surface area contributed by atoms with Crippen molar-refractivity contribution >= 4 is 15.9 Å². The predicted octanol–water partition coefficient (Wildman–Crippen LogP) is 2.23. The Labute approximate surface area is 114 Å². The minimum atomic E-state index is -3.57. The molecule has 0 aliphatic carbocycles. The molecule has 0 spiro atoms. The van der Waals surface area contributed by atoms with Gasteiger partial charge in [0, 0.05) is 13.1 Å². The first-order valence-corrected chi connectivity index (χ1v) is 8.00. The molecule has 0 unspecified atom stereocenters. The Morgan fingerprint density at radius 1 is 1.16 bits per heavy atom. The summed E-state index contributed by atoms with van der Waals surface area (Å²) in [6.45, 7) is 2.93. The molecule has 6 heteroatoms. The van der Waals surface area contributed by atoms with E-state index < -0.39 is 10.2 Å². The molecule has 0 amide bonds. The van der Waals surface area contributed by atoms with Crippen LogP contribution in [0.5, 0.6) is 5.75 Å². The lowest BCUT2D eigenvalue weighted by atomic mass is 10.2. The highest BCUT2D eigenvalue weighted by Gasteiger charge is 2.23. The summed E-state index contributed by atoms with van der Waals surface area (Å²) in [7, 11) is -3.57. The Bertz CT molecular complexity index is 535. The van der Waals surface area contributed by atoms with Gasteiger partial charge >= 0.3 is 10.2 Å². The normalized spacial score (nSPS) is 17.9. The van der Waals surface area contributed by atoms with E-state index in [1.54, 1.807) is 18.2 Å². The number of aromatic hydroxyl groups is 1. The van der Waals surface area contributed by atoms with Crippen molar-refractivity contribution in [1.82, 2.24) is 4.31 Å². The summed E-state index contributed by atoms with van der Waals surface area (Å²) in [5.74, 6) is -0.0432. The van der Waals surface area contributed by atoms with Gasteiger partial charge in [0.15, 0.2) is 0 Å². The van der Waals surface area contributed by atoms with Crippen molar-refractivity contribution in [2.45, 2.75) is 32.6 Å². The van der Waals surface area contributed by atoms with Gasteiger partial charge in [-0.1, -0.05) is 18.9 Å². The highest BCUT2D eigenvalue weighted by Crippen LogP contribution is 2.26. The van der Waals surface area contributed by atoms with Gasteiger partial charge in [-0.2, -0.15) is 12.7 Å². The second-order valence-corrected chi connectivity index (χ2v) is 6.61. The average Bonchev–Trinajstić information content (AvgIpc) is 2.62. The van der Waals surface area contributed by atoms with Crippen molar-refractivity contribution in [3.05, 3.63) is 23.8 Å². The second kappa shape index (κ2) is 5.79. The first-order chi connectivity index (χ1) is 8.99. The van der Waals surface area contributed by atoms with Crippen LogP contribution in [-0.4, -0.2) is 30.9 Å². The summed E-state index contributed by atoms with van der Waals surface area (Å²) in [6.07, 6.45) is 3.92. The van der Waals surface area contributed by atoms with Crippen LogP contribution in [0.3, 0.4) is 0 Å². The zero-order valence-electron chi connectivity index (χ0n) is 11.1. The van der Waals surface area contributed by atoms with Crippen molar-refractivity contribution in [3.8, 4) is 5.75 Å². The van der Waals surface area contributed by atoms with Crippen LogP contribution >= 0.6 is 0 Å². The van der Waals surface area contributed by atoms with Crippen LogP contribution in [0.1, 0.15) is 31.2 Å². The number of hydrogen-bond donors (Lipinski definition) is 2. The van der Waals surface area contributed by atoms with Gasteiger partial charge in [0.05, 0.1) is 5.69 Å². The SMILES string of the molecule is Cc1ccc(NS(=O)(=O)N2CCCCCC2)c(O)c1. The van der Waals surface area contributed by atoms with Crippen LogP contribution in [0, 0.1) is 6.92 Å². The molecule has 1 aromatic rings. The topological polar surface area (TPSA) is 69.6 Å². The number of hydrogen-bond acceptors (Lipinski definition) is 3. The number of phenols is 1. The van der Waals surface area contributed by atoms with E-state index in [0.717, 1.165) is 31.2 Å². The van der Waals surface area contributed by atoms with E-state index in [-0.39, 0.29) is 11.4 Å². The fourth-order valence-electron chi connectivity index (χ4n) is 2.21. The molecule has 0 aromatic heterocycles. The lowest BCUT2D eigenvalue weighted by molar-refractivity contribution is 0.427. The van der Waals surface area contributed by atoms with Crippen LogP contribution in [0.2, 0.25) is 0 Å². The van der Waals surface area contributed by atoms with Gasteiger partial charge in [0.2, 0.25) is 0 Å². The van der Waals surface area contributed by atoms with Crippen molar-refractivity contribution < 1.29 is 13.5 Å². The molecule has 1 saturated heterocycles. The van der Waals surface area contributed by atoms with Gasteiger partial charge in [0.1, 0.15) is 5.75 Å². The number of aryl methyl sites for hydroxylation is 1. The van der Waals surface area contributed by atoms with E-state index >= 15 is 0 Å². The molecule has 1 aliphatic rings. The lowest BCUT2D eigenvalue weighted by Gasteiger charge is -2.21. The highest BCUT2D eigenvalue weighted by atomic mass is 32.2. The summed E-state index contributed by atoms with van der Waals surface area (Å²) in [5.41, 5.74) is 1.12. The molecule has 5 nitrogen and oxygen atoms in total. The molecule has 19 heavy (non-hydrogen) atoms. The van der Waals surface area contributed by atoms with E-state index in [9.17, 15) is 13.5 Å². The van der Waals surface area contributed by atoms with Crippen LogP contribution in [0.4, 0.5) is 5.69 Å². The van der Waals surface area contributed by atoms with Crippen LogP contribution < -0.4 is 4.72 Å². The van der Waals surface area contributed by atoms with E-state index in [1.165, 1.54) is 4.31 Å². The Balaban J connectivity index is 2.15. The standard InChI is InChI=1S/C13H20N2O3S/c1-11-6-7-12(13(16)10-11)14-19(17,18)15-8-4-2-3-5-9-15/h6-7,10,14,16H,2-5,8-9H2,1H3. The third-order valence-electron chi connectivity index (χ3n) is 3.30. The van der Waals surface area contributed by atoms with Gasteiger partial charge in [-0.3, -0.25) is 4.72 Å². The molecule has 2 rings (SSSR count). The zero-order chi connectivity index (χ0) is 13.9. The first-order valence-electron chi connectivity index (χ1n) is 6.56. The maximum Gasteiger partial charge on any atom is 0.301 e. The Kier molecular flexibility index (Phi) is 4.31. The van der Waals surface area contributed by atoms with Crippen molar-refractivity contribution in [2.24, 2.45) is 0 Å². The predicted molar refractivity (Wildman–Crippen MR) is 75.4 cm³/mol. The number of benzene rings is 1. The Morgan fingerprint density at radius 3 is 2.37 bits per heavy atom. The first kappa shape index (κ1) is 14.1. The fraction of sp³-hybridized carbons (Fsp3) is 0.538. The zero-order valence-corrected chi connectivity index (χ0v) is 11.9.